The van der Waals surface area contributed by atoms with Gasteiger partial charge in [-0.25, -0.2) is 9.10 Å². The number of β-lactam (4-membered cyclic amide) rings is 1. The van der Waals surface area contributed by atoms with E-state index in [1.54, 1.807) is 6.07 Å². The van der Waals surface area contributed by atoms with E-state index < -0.39 is 40.2 Å². The van der Waals surface area contributed by atoms with Gasteiger partial charge in [0.15, 0.2) is 0 Å². The molecule has 11 heteroatoms. The Bertz CT molecular complexity index is 1030. The number of allylic oxidation sites excluding steroid dienone is 1. The van der Waals surface area contributed by atoms with Crippen LogP contribution in [0.15, 0.2) is 24.3 Å². The Morgan fingerprint density at radius 1 is 1.32 bits per heavy atom. The zero-order chi connectivity index (χ0) is 20.2. The molecule has 0 aliphatic carbocycles. The summed E-state index contributed by atoms with van der Waals surface area (Å²) in [6.07, 6.45) is 2.04. The average molecular weight is 408 g/mol. The van der Waals surface area contributed by atoms with Gasteiger partial charge in [-0.3, -0.25) is 14.1 Å². The van der Waals surface area contributed by atoms with Crippen molar-refractivity contribution in [1.82, 2.24) is 9.21 Å². The molecular weight excluding hydrogens is 392 g/mol. The fourth-order valence-corrected chi connectivity index (χ4v) is 4.59. The molecule has 2 fully saturated rings. The highest BCUT2D eigenvalue weighted by atomic mass is 32.2. The molecule has 0 unspecified atom stereocenters. The molecule has 3 aliphatic heterocycles. The van der Waals surface area contributed by atoms with Crippen molar-refractivity contribution in [3.05, 3.63) is 29.8 Å². The van der Waals surface area contributed by atoms with Gasteiger partial charge in [0, 0.05) is 18.2 Å². The second kappa shape index (κ2) is 6.31. The fraction of sp³-hybridized carbons (Fsp3) is 0.353. The van der Waals surface area contributed by atoms with Crippen LogP contribution in [0.4, 0.5) is 0 Å². The van der Waals surface area contributed by atoms with Crippen LogP contribution in [0.2, 0.25) is 0 Å². The number of ether oxygens (including phenoxy) is 2. The first-order valence-electron chi connectivity index (χ1n) is 8.46. The molecule has 2 amide bonds. The third kappa shape index (κ3) is 2.83. The van der Waals surface area contributed by atoms with Crippen LogP contribution in [-0.2, 0) is 24.7 Å². The maximum Gasteiger partial charge on any atom is 0.402 e. The lowest BCUT2D eigenvalue weighted by molar-refractivity contribution is -0.160. The van der Waals surface area contributed by atoms with Gasteiger partial charge in [-0.2, -0.15) is 8.42 Å². The van der Waals surface area contributed by atoms with E-state index in [1.165, 1.54) is 12.1 Å². The summed E-state index contributed by atoms with van der Waals surface area (Å²) >= 11 is 0. The maximum absolute atomic E-state index is 12.4. The first-order valence-corrected chi connectivity index (χ1v) is 9.85. The zero-order valence-electron chi connectivity index (χ0n) is 14.7. The second-order valence-corrected chi connectivity index (χ2v) is 7.95. The van der Waals surface area contributed by atoms with Crippen molar-refractivity contribution in [3.8, 4) is 11.5 Å². The van der Waals surface area contributed by atoms with Crippen molar-refractivity contribution >= 4 is 33.7 Å². The molecule has 10 nitrogen and oxygen atoms in total. The molecule has 3 aliphatic rings. The number of benzene rings is 1. The molecule has 4 rings (SSSR count). The van der Waals surface area contributed by atoms with Crippen molar-refractivity contribution in [1.29, 1.82) is 0 Å². The standard InChI is InChI=1S/C17H16N2O8S/c1-9-5-7-26-13-8-10(2-3-11(9)13)27-17(22)16(21)18-6-4-12-14(18)15(20)19(12)28(23,24)25/h2-3,5,8,12,14H,4,6-7H2,1H3,(H,23,24,25)/t12-,14+/m1/s1. The Balaban J connectivity index is 1.46. The molecular formula is C17H16N2O8S. The highest BCUT2D eigenvalue weighted by molar-refractivity contribution is 7.84. The van der Waals surface area contributed by atoms with Gasteiger partial charge in [-0.15, -0.1) is 0 Å². The molecule has 0 spiro atoms. The molecule has 0 aromatic heterocycles. The summed E-state index contributed by atoms with van der Waals surface area (Å²) in [6, 6.07) is 2.77. The Labute approximate surface area is 160 Å². The van der Waals surface area contributed by atoms with E-state index in [0.29, 0.717) is 16.7 Å². The number of hydrogen-bond acceptors (Lipinski definition) is 7. The van der Waals surface area contributed by atoms with Crippen LogP contribution >= 0.6 is 0 Å². The number of carbonyl (C=O) groups excluding carboxylic acids is 3. The summed E-state index contributed by atoms with van der Waals surface area (Å²) in [6.45, 7) is 2.31. The van der Waals surface area contributed by atoms with Crippen molar-refractivity contribution in [2.45, 2.75) is 25.4 Å². The first kappa shape index (κ1) is 18.4. The Kier molecular flexibility index (Phi) is 4.16. The first-order chi connectivity index (χ1) is 13.2. The predicted molar refractivity (Wildman–Crippen MR) is 93.5 cm³/mol. The lowest BCUT2D eigenvalue weighted by Crippen LogP contribution is -2.68. The van der Waals surface area contributed by atoms with E-state index in [4.69, 9.17) is 14.0 Å². The topological polar surface area (TPSA) is 131 Å². The number of likely N-dealkylation sites (tertiary alicyclic amines) is 1. The Hall–Kier alpha value is -2.92. The van der Waals surface area contributed by atoms with E-state index >= 15 is 0 Å². The second-order valence-electron chi connectivity index (χ2n) is 6.66. The van der Waals surface area contributed by atoms with Crippen LogP contribution in [0, 0.1) is 0 Å². The summed E-state index contributed by atoms with van der Waals surface area (Å²) in [4.78, 5) is 37.6. The largest absolute Gasteiger partial charge is 0.489 e. The average Bonchev–Trinajstić information content (AvgIpc) is 2.98. The minimum absolute atomic E-state index is 0.00167. The van der Waals surface area contributed by atoms with Gasteiger partial charge < -0.3 is 14.4 Å². The molecule has 2 atom stereocenters. The lowest BCUT2D eigenvalue weighted by atomic mass is 10.0. The number of rotatable bonds is 2. The number of nitrogens with zero attached hydrogens (tertiary/aromatic N) is 2. The number of hydrogen-bond donors (Lipinski definition) is 1. The van der Waals surface area contributed by atoms with E-state index in [9.17, 15) is 22.8 Å². The van der Waals surface area contributed by atoms with Crippen LogP contribution in [0.3, 0.4) is 0 Å². The van der Waals surface area contributed by atoms with Gasteiger partial charge >= 0.3 is 22.2 Å². The summed E-state index contributed by atoms with van der Waals surface area (Å²) in [7, 11) is -4.69. The number of carbonyl (C=O) groups is 3. The van der Waals surface area contributed by atoms with E-state index in [1.807, 2.05) is 13.0 Å². The summed E-state index contributed by atoms with van der Waals surface area (Å²) in [5, 5.41) is 0. The molecule has 0 saturated carbocycles. The highest BCUT2D eigenvalue weighted by Gasteiger charge is 2.60. The smallest absolute Gasteiger partial charge is 0.402 e. The molecule has 1 aromatic rings. The lowest BCUT2D eigenvalue weighted by Gasteiger charge is -2.42. The SMILES string of the molecule is CC1=CCOc2cc(OC(=O)C(=O)N3CC[C@@H]4[C@H]3C(=O)N4S(=O)(=O)O)ccc21. The highest BCUT2D eigenvalue weighted by Crippen LogP contribution is 2.36. The Morgan fingerprint density at radius 2 is 2.07 bits per heavy atom. The predicted octanol–water partition coefficient (Wildman–Crippen LogP) is 0.00220. The minimum atomic E-state index is -4.69. The number of esters is 1. The van der Waals surface area contributed by atoms with Gasteiger partial charge in [0.25, 0.3) is 5.91 Å². The van der Waals surface area contributed by atoms with E-state index in [-0.39, 0.29) is 18.7 Å². The summed E-state index contributed by atoms with van der Waals surface area (Å²) in [5.74, 6) is -2.55. The fourth-order valence-electron chi connectivity index (χ4n) is 3.69. The van der Waals surface area contributed by atoms with Gasteiger partial charge in [-0.05, 0) is 37.1 Å². The minimum Gasteiger partial charge on any atom is -0.489 e. The maximum atomic E-state index is 12.4. The van der Waals surface area contributed by atoms with Crippen molar-refractivity contribution in [2.75, 3.05) is 13.2 Å². The van der Waals surface area contributed by atoms with Crippen LogP contribution in [0.25, 0.3) is 5.57 Å². The van der Waals surface area contributed by atoms with Gasteiger partial charge in [0.05, 0.1) is 6.04 Å². The third-order valence-electron chi connectivity index (χ3n) is 5.04. The molecule has 1 N–H and O–H groups in total. The molecule has 1 aromatic carbocycles. The van der Waals surface area contributed by atoms with Crippen LogP contribution in [-0.4, -0.2) is 65.2 Å². The Morgan fingerprint density at radius 3 is 2.79 bits per heavy atom. The van der Waals surface area contributed by atoms with Gasteiger partial charge in [0.2, 0.25) is 0 Å². The molecule has 0 radical (unpaired) electrons. The van der Waals surface area contributed by atoms with Crippen molar-refractivity contribution < 1.29 is 36.8 Å². The quantitative estimate of drug-likeness (QED) is 0.238. The van der Waals surface area contributed by atoms with Crippen LogP contribution in [0.1, 0.15) is 18.9 Å². The van der Waals surface area contributed by atoms with E-state index in [0.717, 1.165) is 16.0 Å². The van der Waals surface area contributed by atoms with E-state index in [2.05, 4.69) is 0 Å². The molecule has 148 valence electrons. The summed E-state index contributed by atoms with van der Waals surface area (Å²) < 4.78 is 42.4. The monoisotopic (exact) mass is 408 g/mol. The van der Waals surface area contributed by atoms with Crippen molar-refractivity contribution in [2.24, 2.45) is 0 Å². The van der Waals surface area contributed by atoms with Gasteiger partial charge in [-0.1, -0.05) is 0 Å². The number of amides is 2. The van der Waals surface area contributed by atoms with Crippen molar-refractivity contribution in [3.63, 3.8) is 0 Å². The zero-order valence-corrected chi connectivity index (χ0v) is 15.5. The molecule has 0 bridgehead atoms. The van der Waals surface area contributed by atoms with Gasteiger partial charge in [0.1, 0.15) is 24.1 Å². The third-order valence-corrected chi connectivity index (χ3v) is 5.99. The molecule has 2 saturated heterocycles. The van der Waals surface area contributed by atoms with Crippen LogP contribution < -0.4 is 9.47 Å². The summed E-state index contributed by atoms with van der Waals surface area (Å²) in [5.41, 5.74) is 1.87. The molecule has 3 heterocycles. The van der Waals surface area contributed by atoms with Crippen LogP contribution in [0.5, 0.6) is 11.5 Å². The normalized spacial score (nSPS) is 23.2. The molecule has 28 heavy (non-hydrogen) atoms. The number of fused-ring (bicyclic) bond motifs is 2.